The number of carbonyl (C=O) groups excluding carboxylic acids is 1. The number of rotatable bonds is 5. The number of thiophene rings is 1. The van der Waals surface area contributed by atoms with Crippen LogP contribution in [-0.2, 0) is 0 Å². The molecular weight excluding hydrogens is 478 g/mol. The number of halogens is 2. The zero-order chi connectivity index (χ0) is 25.2. The van der Waals surface area contributed by atoms with Crippen LogP contribution in [0.1, 0.15) is 40.9 Å². The fourth-order valence-corrected chi connectivity index (χ4v) is 6.27. The molecule has 0 spiro atoms. The van der Waals surface area contributed by atoms with Crippen LogP contribution in [0.5, 0.6) is 0 Å². The summed E-state index contributed by atoms with van der Waals surface area (Å²) < 4.78 is 30.0. The van der Waals surface area contributed by atoms with Gasteiger partial charge < -0.3 is 15.1 Å². The van der Waals surface area contributed by atoms with E-state index in [1.165, 1.54) is 23.5 Å². The van der Waals surface area contributed by atoms with Crippen LogP contribution < -0.4 is 10.2 Å². The van der Waals surface area contributed by atoms with Gasteiger partial charge in [0, 0.05) is 53.9 Å². The van der Waals surface area contributed by atoms with Crippen LogP contribution in [0, 0.1) is 23.0 Å². The Morgan fingerprint density at radius 3 is 2.53 bits per heavy atom. The Kier molecular flexibility index (Phi) is 7.04. The second-order valence-electron chi connectivity index (χ2n) is 9.40. The second-order valence-corrected chi connectivity index (χ2v) is 10.4. The monoisotopic (exact) mass is 506 g/mol. The smallest absolute Gasteiger partial charge is 0.264 e. The number of likely N-dealkylation sites (N-methyl/N-ethyl adjacent to an activating group) is 1. The normalized spacial score (nSPS) is 17.9. The van der Waals surface area contributed by atoms with Gasteiger partial charge in [0.05, 0.1) is 10.4 Å². The molecule has 2 aliphatic rings. The molecule has 8 heteroatoms. The van der Waals surface area contributed by atoms with Gasteiger partial charge in [0.15, 0.2) is 0 Å². The lowest BCUT2D eigenvalue weighted by Gasteiger charge is -2.32. The van der Waals surface area contributed by atoms with E-state index in [0.717, 1.165) is 44.5 Å². The molecule has 2 saturated heterocycles. The van der Waals surface area contributed by atoms with Gasteiger partial charge in [0.1, 0.15) is 17.7 Å². The van der Waals surface area contributed by atoms with E-state index in [0.29, 0.717) is 39.5 Å². The molecule has 186 valence electrons. The lowest BCUT2D eigenvalue weighted by Crippen LogP contribution is -2.46. The van der Waals surface area contributed by atoms with Gasteiger partial charge in [-0.3, -0.25) is 4.79 Å². The van der Waals surface area contributed by atoms with Gasteiger partial charge in [-0.15, -0.1) is 11.3 Å². The molecule has 3 aromatic rings. The van der Waals surface area contributed by atoms with Crippen molar-refractivity contribution in [1.29, 1.82) is 5.26 Å². The minimum Gasteiger partial charge on any atom is -0.371 e. The molecule has 1 atom stereocenters. The first-order valence-corrected chi connectivity index (χ1v) is 13.2. The number of nitrogens with zero attached hydrogens (tertiary/aromatic N) is 3. The van der Waals surface area contributed by atoms with Crippen LogP contribution in [0.2, 0.25) is 0 Å². The van der Waals surface area contributed by atoms with Gasteiger partial charge >= 0.3 is 0 Å². The first kappa shape index (κ1) is 24.4. The van der Waals surface area contributed by atoms with Crippen molar-refractivity contribution in [3.05, 3.63) is 64.5 Å². The van der Waals surface area contributed by atoms with E-state index < -0.39 is 5.82 Å². The Bertz CT molecular complexity index is 1330. The summed E-state index contributed by atoms with van der Waals surface area (Å²) in [6, 6.07) is 13.4. The summed E-state index contributed by atoms with van der Waals surface area (Å²) in [4.78, 5) is 18.5. The van der Waals surface area contributed by atoms with E-state index in [1.807, 2.05) is 24.1 Å². The lowest BCUT2D eigenvalue weighted by atomic mass is 10.00. The number of amides is 1. The molecule has 5 rings (SSSR count). The van der Waals surface area contributed by atoms with Crippen molar-refractivity contribution in [2.24, 2.45) is 0 Å². The Balaban J connectivity index is 1.57. The van der Waals surface area contributed by atoms with Crippen molar-refractivity contribution in [3.63, 3.8) is 0 Å². The first-order chi connectivity index (χ1) is 17.5. The molecule has 2 aliphatic heterocycles. The van der Waals surface area contributed by atoms with E-state index in [9.17, 15) is 9.18 Å². The van der Waals surface area contributed by atoms with Crippen LogP contribution in [0.4, 0.5) is 14.5 Å². The summed E-state index contributed by atoms with van der Waals surface area (Å²) in [6.07, 6.45) is 4.12. The zero-order valence-electron chi connectivity index (χ0n) is 20.2. The Labute approximate surface area is 214 Å². The SMILES string of the molecule is CNC1CCCN(C(=O)c2cc(-c3ccc(C#N)c(F)c3)c(-c3ccc(N4CCCC4)cc3F)s2)C1. The van der Waals surface area contributed by atoms with Crippen LogP contribution >= 0.6 is 11.3 Å². The number of carbonyl (C=O) groups is 1. The predicted molar refractivity (Wildman–Crippen MR) is 139 cm³/mol. The third kappa shape index (κ3) is 4.73. The first-order valence-electron chi connectivity index (χ1n) is 12.3. The molecule has 1 N–H and O–H groups in total. The number of nitrogens with one attached hydrogen (secondary N) is 1. The van der Waals surface area contributed by atoms with Crippen molar-refractivity contribution in [3.8, 4) is 27.6 Å². The molecule has 1 aromatic heterocycles. The van der Waals surface area contributed by atoms with E-state index in [4.69, 9.17) is 5.26 Å². The van der Waals surface area contributed by atoms with Crippen molar-refractivity contribution in [1.82, 2.24) is 10.2 Å². The highest BCUT2D eigenvalue weighted by Gasteiger charge is 2.27. The minimum atomic E-state index is -0.641. The number of anilines is 1. The molecule has 0 aliphatic carbocycles. The average molecular weight is 507 g/mol. The topological polar surface area (TPSA) is 59.4 Å². The lowest BCUT2D eigenvalue weighted by molar-refractivity contribution is 0.0703. The number of likely N-dealkylation sites (tertiary alicyclic amines) is 1. The van der Waals surface area contributed by atoms with Crippen LogP contribution in [-0.4, -0.2) is 50.1 Å². The molecule has 36 heavy (non-hydrogen) atoms. The van der Waals surface area contributed by atoms with Crippen LogP contribution in [0.15, 0.2) is 42.5 Å². The highest BCUT2D eigenvalue weighted by atomic mass is 32.1. The van der Waals surface area contributed by atoms with Crippen LogP contribution in [0.3, 0.4) is 0 Å². The summed E-state index contributed by atoms with van der Waals surface area (Å²) in [5.74, 6) is -1.11. The van der Waals surface area contributed by atoms with Crippen molar-refractivity contribution >= 4 is 22.9 Å². The molecule has 1 amide bonds. The van der Waals surface area contributed by atoms with E-state index >= 15 is 4.39 Å². The van der Waals surface area contributed by atoms with Gasteiger partial charge in [-0.05, 0) is 74.7 Å². The van der Waals surface area contributed by atoms with Gasteiger partial charge in [0.25, 0.3) is 5.91 Å². The van der Waals surface area contributed by atoms with Crippen LogP contribution in [0.25, 0.3) is 21.6 Å². The van der Waals surface area contributed by atoms with Gasteiger partial charge in [-0.1, -0.05) is 6.07 Å². The second kappa shape index (κ2) is 10.4. The number of nitriles is 1. The number of hydrogen-bond acceptors (Lipinski definition) is 5. The van der Waals surface area contributed by atoms with Gasteiger partial charge in [-0.25, -0.2) is 8.78 Å². The molecule has 5 nitrogen and oxygen atoms in total. The molecule has 0 saturated carbocycles. The molecule has 0 bridgehead atoms. The maximum absolute atomic E-state index is 15.5. The Morgan fingerprint density at radius 2 is 1.83 bits per heavy atom. The highest BCUT2D eigenvalue weighted by Crippen LogP contribution is 2.42. The molecule has 2 fully saturated rings. The van der Waals surface area contributed by atoms with Crippen molar-refractivity contribution < 1.29 is 13.6 Å². The summed E-state index contributed by atoms with van der Waals surface area (Å²) >= 11 is 1.23. The average Bonchev–Trinajstić information content (AvgIpc) is 3.59. The van der Waals surface area contributed by atoms with E-state index in [-0.39, 0.29) is 23.3 Å². The van der Waals surface area contributed by atoms with Gasteiger partial charge in [0.2, 0.25) is 0 Å². The number of piperidine rings is 1. The molecule has 0 radical (unpaired) electrons. The summed E-state index contributed by atoms with van der Waals surface area (Å²) in [5.41, 5.74) is 2.26. The van der Waals surface area contributed by atoms with Gasteiger partial charge in [-0.2, -0.15) is 5.26 Å². The fraction of sp³-hybridized carbons (Fsp3) is 0.357. The van der Waals surface area contributed by atoms with Crippen molar-refractivity contribution in [2.75, 3.05) is 38.1 Å². The maximum Gasteiger partial charge on any atom is 0.264 e. The van der Waals surface area contributed by atoms with E-state index in [1.54, 1.807) is 24.3 Å². The largest absolute Gasteiger partial charge is 0.371 e. The molecule has 3 heterocycles. The Morgan fingerprint density at radius 1 is 1.03 bits per heavy atom. The minimum absolute atomic E-state index is 0.0561. The quantitative estimate of drug-likeness (QED) is 0.485. The van der Waals surface area contributed by atoms with Crippen molar-refractivity contribution in [2.45, 2.75) is 31.7 Å². The molecular formula is C28H28F2N4OS. The summed E-state index contributed by atoms with van der Waals surface area (Å²) in [5, 5.41) is 12.4. The summed E-state index contributed by atoms with van der Waals surface area (Å²) in [6.45, 7) is 3.11. The third-order valence-electron chi connectivity index (χ3n) is 7.13. The molecule has 2 aromatic carbocycles. The Hall–Kier alpha value is -3.28. The third-order valence-corrected chi connectivity index (χ3v) is 8.29. The number of benzene rings is 2. The molecule has 1 unspecified atom stereocenters. The zero-order valence-corrected chi connectivity index (χ0v) is 21.0. The van der Waals surface area contributed by atoms with E-state index in [2.05, 4.69) is 10.2 Å². The highest BCUT2D eigenvalue weighted by molar-refractivity contribution is 7.18. The fourth-order valence-electron chi connectivity index (χ4n) is 5.10. The summed E-state index contributed by atoms with van der Waals surface area (Å²) in [7, 11) is 1.90. The standard InChI is InChI=1S/C28H28F2N4OS/c1-32-20-5-4-12-34(17-20)28(35)26-15-23(18-6-7-19(16-31)24(29)13-18)27(36-26)22-9-8-21(14-25(22)30)33-10-2-3-11-33/h6-9,13-15,20,32H,2-5,10-12,17H2,1H3. The number of hydrogen-bond donors (Lipinski definition) is 1. The predicted octanol–water partition coefficient (Wildman–Crippen LogP) is 5.66. The maximum atomic E-state index is 15.5.